The second-order valence-electron chi connectivity index (χ2n) is 7.96. The molecule has 0 radical (unpaired) electrons. The Balaban J connectivity index is 1.92. The number of aliphatic imine (C=N–C) groups is 1. The Bertz CT molecular complexity index is 664. The summed E-state index contributed by atoms with van der Waals surface area (Å²) in [4.78, 5) is 6.88. The third kappa shape index (κ3) is 6.56. The third-order valence-corrected chi connectivity index (χ3v) is 6.17. The lowest BCUT2D eigenvalue weighted by Gasteiger charge is -2.29. The molecule has 5 nitrogen and oxygen atoms in total. The van der Waals surface area contributed by atoms with Crippen molar-refractivity contribution in [3.8, 4) is 0 Å². The van der Waals surface area contributed by atoms with Crippen LogP contribution in [0.4, 0.5) is 14.5 Å². The molecule has 0 amide bonds. The molecular weight excluding hydrogens is 374 g/mol. The molecule has 0 aliphatic carbocycles. The maximum atomic E-state index is 13.5. The summed E-state index contributed by atoms with van der Waals surface area (Å²) < 4.78 is 26.7. The zero-order chi connectivity index (χ0) is 21.3. The number of rotatable bonds is 10. The van der Waals surface area contributed by atoms with Gasteiger partial charge in [0.1, 0.15) is 0 Å². The van der Waals surface area contributed by atoms with E-state index in [0.29, 0.717) is 12.5 Å². The van der Waals surface area contributed by atoms with Gasteiger partial charge in [0.25, 0.3) is 0 Å². The maximum Gasteiger partial charge on any atom is 0.191 e. The van der Waals surface area contributed by atoms with Crippen LogP contribution in [0.15, 0.2) is 23.2 Å². The molecule has 1 aliphatic rings. The highest BCUT2D eigenvalue weighted by Gasteiger charge is 2.26. The smallest absolute Gasteiger partial charge is 0.191 e. The van der Waals surface area contributed by atoms with E-state index in [0.717, 1.165) is 63.5 Å². The van der Waals surface area contributed by atoms with Crippen LogP contribution >= 0.6 is 0 Å². The molecule has 1 aromatic rings. The van der Waals surface area contributed by atoms with E-state index in [2.05, 4.69) is 29.4 Å². The molecule has 7 heteroatoms. The molecule has 1 heterocycles. The van der Waals surface area contributed by atoms with Crippen molar-refractivity contribution in [1.82, 2.24) is 10.6 Å². The average Bonchev–Trinajstić information content (AvgIpc) is 3.20. The van der Waals surface area contributed by atoms with Crippen molar-refractivity contribution in [2.24, 2.45) is 16.3 Å². The summed E-state index contributed by atoms with van der Waals surface area (Å²) in [6.07, 6.45) is 3.72. The Morgan fingerprint density at radius 3 is 2.59 bits per heavy atom. The first-order chi connectivity index (χ1) is 14.0. The zero-order valence-corrected chi connectivity index (χ0v) is 18.0. The Hall–Kier alpha value is -1.89. The highest BCUT2D eigenvalue weighted by atomic mass is 19.2. The lowest BCUT2D eigenvalue weighted by atomic mass is 9.79. The number of benzene rings is 1. The molecule has 164 valence electrons. The van der Waals surface area contributed by atoms with Gasteiger partial charge in [-0.3, -0.25) is 4.99 Å². The average molecular weight is 411 g/mol. The van der Waals surface area contributed by atoms with Crippen molar-refractivity contribution >= 4 is 11.6 Å². The number of aliphatic hydroxyl groups is 1. The molecule has 3 N–H and O–H groups in total. The monoisotopic (exact) mass is 410 g/mol. The van der Waals surface area contributed by atoms with Crippen molar-refractivity contribution in [1.29, 1.82) is 0 Å². The molecule has 29 heavy (non-hydrogen) atoms. The van der Waals surface area contributed by atoms with E-state index >= 15 is 0 Å². The molecule has 0 bridgehead atoms. The first-order valence-corrected chi connectivity index (χ1v) is 10.8. The summed E-state index contributed by atoms with van der Waals surface area (Å²) in [5, 5.41) is 16.1. The number of halogens is 2. The van der Waals surface area contributed by atoms with Gasteiger partial charge in [0.05, 0.1) is 0 Å². The first kappa shape index (κ1) is 23.4. The van der Waals surface area contributed by atoms with Crippen molar-refractivity contribution in [3.05, 3.63) is 29.8 Å². The molecular formula is C22H36F2N4O. The summed E-state index contributed by atoms with van der Waals surface area (Å²) in [5.41, 5.74) is 0.764. The second kappa shape index (κ2) is 11.3. The van der Waals surface area contributed by atoms with Gasteiger partial charge >= 0.3 is 0 Å². The van der Waals surface area contributed by atoms with Crippen LogP contribution < -0.4 is 15.5 Å². The van der Waals surface area contributed by atoms with E-state index in [1.807, 2.05) is 6.92 Å². The van der Waals surface area contributed by atoms with Gasteiger partial charge in [0.2, 0.25) is 0 Å². The van der Waals surface area contributed by atoms with Crippen LogP contribution in [-0.2, 0) is 0 Å². The van der Waals surface area contributed by atoms with Gasteiger partial charge in [-0.1, -0.05) is 13.8 Å². The van der Waals surface area contributed by atoms with Gasteiger partial charge in [0.15, 0.2) is 17.6 Å². The Morgan fingerprint density at radius 1 is 1.21 bits per heavy atom. The van der Waals surface area contributed by atoms with Gasteiger partial charge in [-0.05, 0) is 56.1 Å². The lowest BCUT2D eigenvalue weighted by molar-refractivity contribution is 0.175. The lowest BCUT2D eigenvalue weighted by Crippen LogP contribution is -2.41. The largest absolute Gasteiger partial charge is 0.396 e. The fourth-order valence-corrected chi connectivity index (χ4v) is 3.89. The van der Waals surface area contributed by atoms with Crippen LogP contribution in [0.3, 0.4) is 0 Å². The van der Waals surface area contributed by atoms with Crippen molar-refractivity contribution in [2.45, 2.75) is 46.5 Å². The molecule has 1 saturated heterocycles. The fourth-order valence-electron chi connectivity index (χ4n) is 3.89. The summed E-state index contributed by atoms with van der Waals surface area (Å²) >= 11 is 0. The van der Waals surface area contributed by atoms with E-state index in [4.69, 9.17) is 4.99 Å². The predicted molar refractivity (Wildman–Crippen MR) is 115 cm³/mol. The normalized spacial score (nSPS) is 17.7. The number of nitrogens with zero attached hydrogens (tertiary/aromatic N) is 2. The van der Waals surface area contributed by atoms with Crippen LogP contribution in [0.25, 0.3) is 0 Å². The van der Waals surface area contributed by atoms with E-state index in [9.17, 15) is 13.9 Å². The van der Waals surface area contributed by atoms with E-state index in [1.54, 1.807) is 6.07 Å². The second-order valence-corrected chi connectivity index (χ2v) is 7.96. The predicted octanol–water partition coefficient (Wildman–Crippen LogP) is 3.54. The van der Waals surface area contributed by atoms with Crippen LogP contribution in [0.5, 0.6) is 0 Å². The van der Waals surface area contributed by atoms with Gasteiger partial charge in [0, 0.05) is 51.1 Å². The number of aliphatic hydroxyl groups excluding tert-OH is 1. The van der Waals surface area contributed by atoms with Crippen LogP contribution in [0.2, 0.25) is 0 Å². The van der Waals surface area contributed by atoms with Crippen molar-refractivity contribution in [2.75, 3.05) is 44.2 Å². The topological polar surface area (TPSA) is 59.9 Å². The SMILES string of the molecule is CCNC(=NCC(CC)(CC)CCO)NCC1CCN(c2ccc(F)c(F)c2)C1. The van der Waals surface area contributed by atoms with Crippen LogP contribution in [-0.4, -0.2) is 50.4 Å². The molecule has 0 spiro atoms. The fraction of sp³-hybridized carbons (Fsp3) is 0.682. The van der Waals surface area contributed by atoms with E-state index in [-0.39, 0.29) is 12.0 Å². The third-order valence-electron chi connectivity index (χ3n) is 6.17. The molecule has 1 unspecified atom stereocenters. The minimum absolute atomic E-state index is 0.0356. The zero-order valence-electron chi connectivity index (χ0n) is 18.0. The summed E-state index contributed by atoms with van der Waals surface area (Å²) in [7, 11) is 0. The molecule has 0 saturated carbocycles. The van der Waals surface area contributed by atoms with Gasteiger partial charge in [-0.25, -0.2) is 8.78 Å². The standard InChI is InChI=1S/C22H36F2N4O/c1-4-22(5-2,10-12-29)16-27-21(25-6-3)26-14-17-9-11-28(15-17)18-7-8-19(23)20(24)13-18/h7-8,13,17,29H,4-6,9-12,14-16H2,1-3H3,(H2,25,26,27). The maximum absolute atomic E-state index is 13.5. The quantitative estimate of drug-likeness (QED) is 0.408. The van der Waals surface area contributed by atoms with Crippen molar-refractivity contribution < 1.29 is 13.9 Å². The number of nitrogens with one attached hydrogen (secondary N) is 2. The molecule has 1 aromatic carbocycles. The van der Waals surface area contributed by atoms with Crippen LogP contribution in [0.1, 0.15) is 46.5 Å². The first-order valence-electron chi connectivity index (χ1n) is 10.8. The number of guanidine groups is 1. The van der Waals surface area contributed by atoms with Gasteiger partial charge in [-0.2, -0.15) is 0 Å². The van der Waals surface area contributed by atoms with E-state index < -0.39 is 11.6 Å². The molecule has 2 rings (SSSR count). The number of hydrogen-bond donors (Lipinski definition) is 3. The highest BCUT2D eigenvalue weighted by molar-refractivity contribution is 5.79. The summed E-state index contributed by atoms with van der Waals surface area (Å²) in [5.74, 6) is -0.410. The van der Waals surface area contributed by atoms with Crippen molar-refractivity contribution in [3.63, 3.8) is 0 Å². The molecule has 1 atom stereocenters. The summed E-state index contributed by atoms with van der Waals surface area (Å²) in [6, 6.07) is 4.09. The van der Waals surface area contributed by atoms with Gasteiger partial charge < -0.3 is 20.6 Å². The molecule has 0 aromatic heterocycles. The molecule has 1 fully saturated rings. The minimum atomic E-state index is -0.811. The Morgan fingerprint density at radius 2 is 1.97 bits per heavy atom. The number of hydrogen-bond acceptors (Lipinski definition) is 3. The highest BCUT2D eigenvalue weighted by Crippen LogP contribution is 2.30. The Labute approximate surface area is 173 Å². The van der Waals surface area contributed by atoms with E-state index in [1.165, 1.54) is 12.1 Å². The Kier molecular flexibility index (Phi) is 9.14. The summed E-state index contributed by atoms with van der Waals surface area (Å²) in [6.45, 7) is 10.4. The number of anilines is 1. The van der Waals surface area contributed by atoms with Gasteiger partial charge in [-0.15, -0.1) is 0 Å². The van der Waals surface area contributed by atoms with Crippen LogP contribution in [0, 0.1) is 23.0 Å². The molecule has 1 aliphatic heterocycles. The minimum Gasteiger partial charge on any atom is -0.396 e.